The van der Waals surface area contributed by atoms with E-state index in [0.29, 0.717) is 6.04 Å². The number of hydrogen-bond acceptors (Lipinski definition) is 3. The van der Waals surface area contributed by atoms with Gasteiger partial charge in [0.1, 0.15) is 0 Å². The van der Waals surface area contributed by atoms with Crippen LogP contribution in [0, 0.1) is 5.92 Å². The van der Waals surface area contributed by atoms with Crippen LogP contribution in [0.4, 0.5) is 0 Å². The van der Waals surface area contributed by atoms with Crippen LogP contribution in [0.2, 0.25) is 0 Å². The second-order valence-corrected chi connectivity index (χ2v) is 4.85. The van der Waals surface area contributed by atoms with Gasteiger partial charge in [-0.3, -0.25) is 4.90 Å². The van der Waals surface area contributed by atoms with Crippen LogP contribution >= 0.6 is 0 Å². The third kappa shape index (κ3) is 2.27. The maximum Gasteiger partial charge on any atom is 0.0719 e. The third-order valence-electron chi connectivity index (χ3n) is 3.70. The summed E-state index contributed by atoms with van der Waals surface area (Å²) in [6, 6.07) is 0.372. The van der Waals surface area contributed by atoms with Crippen molar-refractivity contribution < 1.29 is 5.11 Å². The van der Waals surface area contributed by atoms with Crippen molar-refractivity contribution in [3.63, 3.8) is 0 Å². The van der Waals surface area contributed by atoms with Gasteiger partial charge < -0.3 is 10.4 Å². The number of likely N-dealkylation sites (tertiary alicyclic amines) is 1. The molecule has 0 saturated carbocycles. The number of hydrogen-bond donors (Lipinski definition) is 2. The van der Waals surface area contributed by atoms with Gasteiger partial charge in [0, 0.05) is 12.6 Å². The average molecular weight is 198 g/mol. The van der Waals surface area contributed by atoms with Crippen molar-refractivity contribution in [2.45, 2.75) is 38.3 Å². The van der Waals surface area contributed by atoms with Crippen LogP contribution in [0.15, 0.2) is 0 Å². The van der Waals surface area contributed by atoms with Crippen LogP contribution in [0.25, 0.3) is 0 Å². The van der Waals surface area contributed by atoms with E-state index in [9.17, 15) is 5.11 Å². The monoisotopic (exact) mass is 198 g/mol. The van der Waals surface area contributed by atoms with E-state index in [1.807, 2.05) is 0 Å². The van der Waals surface area contributed by atoms with Gasteiger partial charge in [-0.15, -0.1) is 0 Å². The fourth-order valence-corrected chi connectivity index (χ4v) is 2.56. The van der Waals surface area contributed by atoms with Gasteiger partial charge in [0.2, 0.25) is 0 Å². The Morgan fingerprint density at radius 3 is 2.57 bits per heavy atom. The van der Waals surface area contributed by atoms with Gasteiger partial charge in [-0.1, -0.05) is 6.92 Å². The van der Waals surface area contributed by atoms with E-state index in [-0.39, 0.29) is 6.10 Å². The predicted molar refractivity (Wildman–Crippen MR) is 57.3 cm³/mol. The van der Waals surface area contributed by atoms with Crippen LogP contribution in [0.1, 0.15) is 26.2 Å². The fourth-order valence-electron chi connectivity index (χ4n) is 2.56. The van der Waals surface area contributed by atoms with Crippen molar-refractivity contribution in [2.75, 3.05) is 26.2 Å². The van der Waals surface area contributed by atoms with Crippen LogP contribution in [-0.2, 0) is 0 Å². The van der Waals surface area contributed by atoms with Gasteiger partial charge in [-0.2, -0.15) is 0 Å². The Morgan fingerprint density at radius 1 is 1.21 bits per heavy atom. The second kappa shape index (κ2) is 4.60. The minimum Gasteiger partial charge on any atom is -0.391 e. The molecule has 0 aromatic heterocycles. The van der Waals surface area contributed by atoms with Crippen molar-refractivity contribution in [1.29, 1.82) is 0 Å². The lowest BCUT2D eigenvalue weighted by molar-refractivity contribution is 0.0131. The van der Waals surface area contributed by atoms with E-state index < -0.39 is 0 Å². The molecular formula is C11H22N2O. The summed E-state index contributed by atoms with van der Waals surface area (Å²) in [5.74, 6) is 0.875. The molecule has 0 radical (unpaired) electrons. The molecule has 0 aromatic rings. The number of rotatable bonds is 1. The molecular weight excluding hydrogens is 176 g/mol. The quantitative estimate of drug-likeness (QED) is 0.642. The van der Waals surface area contributed by atoms with Crippen LogP contribution < -0.4 is 5.32 Å². The SMILES string of the molecule is CC1CCN([C@H]2CNCC[C@@H]2O)CC1. The lowest BCUT2D eigenvalue weighted by Crippen LogP contribution is -2.55. The highest BCUT2D eigenvalue weighted by Gasteiger charge is 2.30. The predicted octanol–water partition coefficient (Wildman–Crippen LogP) is 0.441. The molecule has 0 aromatic carbocycles. The Kier molecular flexibility index (Phi) is 3.42. The molecule has 82 valence electrons. The first-order valence-corrected chi connectivity index (χ1v) is 5.90. The Hall–Kier alpha value is -0.120. The molecule has 2 heterocycles. The second-order valence-electron chi connectivity index (χ2n) is 4.85. The van der Waals surface area contributed by atoms with E-state index in [1.54, 1.807) is 0 Å². The molecule has 2 saturated heterocycles. The zero-order chi connectivity index (χ0) is 9.97. The number of piperidine rings is 2. The van der Waals surface area contributed by atoms with Gasteiger partial charge in [0.15, 0.2) is 0 Å². The maximum absolute atomic E-state index is 9.91. The van der Waals surface area contributed by atoms with Gasteiger partial charge in [-0.25, -0.2) is 0 Å². The van der Waals surface area contributed by atoms with Crippen LogP contribution in [0.5, 0.6) is 0 Å². The smallest absolute Gasteiger partial charge is 0.0719 e. The highest BCUT2D eigenvalue weighted by Crippen LogP contribution is 2.20. The lowest BCUT2D eigenvalue weighted by atomic mass is 9.95. The highest BCUT2D eigenvalue weighted by atomic mass is 16.3. The molecule has 2 N–H and O–H groups in total. The van der Waals surface area contributed by atoms with E-state index >= 15 is 0 Å². The molecule has 2 rings (SSSR count). The fraction of sp³-hybridized carbons (Fsp3) is 1.00. The molecule has 0 aliphatic carbocycles. The topological polar surface area (TPSA) is 35.5 Å². The minimum atomic E-state index is -0.107. The highest BCUT2D eigenvalue weighted by molar-refractivity contribution is 4.87. The average Bonchev–Trinajstić information content (AvgIpc) is 2.20. The van der Waals surface area contributed by atoms with Gasteiger partial charge in [-0.05, 0) is 44.8 Å². The third-order valence-corrected chi connectivity index (χ3v) is 3.70. The standard InChI is InChI=1S/C11H22N2O/c1-9-3-6-13(7-4-9)10-8-12-5-2-11(10)14/h9-12,14H,2-8H2,1H3/t10-,11-/m0/s1. The molecule has 14 heavy (non-hydrogen) atoms. The van der Waals surface area contributed by atoms with E-state index in [1.165, 1.54) is 25.9 Å². The summed E-state index contributed by atoms with van der Waals surface area (Å²) in [5.41, 5.74) is 0. The Bertz CT molecular complexity index is 178. The van der Waals surface area contributed by atoms with E-state index in [4.69, 9.17) is 0 Å². The van der Waals surface area contributed by atoms with Crippen molar-refractivity contribution in [3.05, 3.63) is 0 Å². The summed E-state index contributed by atoms with van der Waals surface area (Å²) >= 11 is 0. The van der Waals surface area contributed by atoms with Crippen molar-refractivity contribution in [1.82, 2.24) is 10.2 Å². The molecule has 2 atom stereocenters. The Labute approximate surface area is 86.5 Å². The molecule has 3 nitrogen and oxygen atoms in total. The lowest BCUT2D eigenvalue weighted by Gasteiger charge is -2.41. The number of nitrogens with one attached hydrogen (secondary N) is 1. The number of aliphatic hydroxyl groups is 1. The zero-order valence-corrected chi connectivity index (χ0v) is 9.08. The molecule has 0 unspecified atom stereocenters. The minimum absolute atomic E-state index is 0.107. The first kappa shape index (κ1) is 10.4. The van der Waals surface area contributed by atoms with Crippen LogP contribution in [-0.4, -0.2) is 48.3 Å². The first-order valence-electron chi connectivity index (χ1n) is 5.90. The van der Waals surface area contributed by atoms with Crippen LogP contribution in [0.3, 0.4) is 0 Å². The summed E-state index contributed by atoms with van der Waals surface area (Å²) in [6.07, 6.45) is 3.40. The maximum atomic E-state index is 9.91. The van der Waals surface area contributed by atoms with E-state index in [0.717, 1.165) is 25.4 Å². The molecule has 2 aliphatic rings. The summed E-state index contributed by atoms with van der Waals surface area (Å²) in [4.78, 5) is 2.47. The summed E-state index contributed by atoms with van der Waals surface area (Å²) in [5, 5.41) is 13.3. The molecule has 0 amide bonds. The summed E-state index contributed by atoms with van der Waals surface area (Å²) in [6.45, 7) is 6.61. The molecule has 3 heteroatoms. The van der Waals surface area contributed by atoms with Gasteiger partial charge in [0.25, 0.3) is 0 Å². The van der Waals surface area contributed by atoms with Gasteiger partial charge in [0.05, 0.1) is 6.10 Å². The van der Waals surface area contributed by atoms with E-state index in [2.05, 4.69) is 17.1 Å². The molecule has 2 fully saturated rings. The van der Waals surface area contributed by atoms with Crippen molar-refractivity contribution >= 4 is 0 Å². The normalized spacial score (nSPS) is 37.3. The Balaban J connectivity index is 1.87. The zero-order valence-electron chi connectivity index (χ0n) is 9.08. The summed E-state index contributed by atoms with van der Waals surface area (Å²) in [7, 11) is 0. The first-order chi connectivity index (χ1) is 6.77. The van der Waals surface area contributed by atoms with Crippen molar-refractivity contribution in [2.24, 2.45) is 5.92 Å². The molecule has 0 spiro atoms. The summed E-state index contributed by atoms with van der Waals surface area (Å²) < 4.78 is 0. The largest absolute Gasteiger partial charge is 0.391 e. The van der Waals surface area contributed by atoms with Gasteiger partial charge >= 0.3 is 0 Å². The molecule has 0 bridgehead atoms. The number of nitrogens with zero attached hydrogens (tertiary/aromatic N) is 1. The number of aliphatic hydroxyl groups excluding tert-OH is 1. The Morgan fingerprint density at radius 2 is 1.93 bits per heavy atom. The van der Waals surface area contributed by atoms with Crippen molar-refractivity contribution in [3.8, 4) is 0 Å². The molecule has 2 aliphatic heterocycles.